The molecular formula is C18H19NO3S2. The van der Waals surface area contributed by atoms with Crippen LogP contribution in [0.2, 0.25) is 0 Å². The van der Waals surface area contributed by atoms with E-state index in [0.29, 0.717) is 12.0 Å². The van der Waals surface area contributed by atoms with Crippen LogP contribution in [0.25, 0.3) is 0 Å². The summed E-state index contributed by atoms with van der Waals surface area (Å²) in [5.74, 6) is -0.0799. The minimum Gasteiger partial charge on any atom is -0.295 e. The summed E-state index contributed by atoms with van der Waals surface area (Å²) < 4.78 is 27.8. The molecule has 0 bridgehead atoms. The molecule has 0 amide bonds. The van der Waals surface area contributed by atoms with Crippen molar-refractivity contribution in [3.05, 3.63) is 63.9 Å². The summed E-state index contributed by atoms with van der Waals surface area (Å²) in [6.45, 7) is 3.52. The van der Waals surface area contributed by atoms with Crippen molar-refractivity contribution in [3.63, 3.8) is 0 Å². The summed E-state index contributed by atoms with van der Waals surface area (Å²) >= 11 is 1.54. The molecule has 1 aromatic heterocycles. The standard InChI is InChI=1S/C18H19NO3S2/c1-13-5-8-16(9-6-13)24(21,22)19-12-15(14(2)20)7-10-17(19)18-4-3-11-23-18/h3-9,11,17H,10,12H2,1-2H3. The molecule has 2 aromatic rings. The number of thiophene rings is 1. The van der Waals surface area contributed by atoms with Gasteiger partial charge in [0.15, 0.2) is 5.78 Å². The molecule has 1 unspecified atom stereocenters. The van der Waals surface area contributed by atoms with Gasteiger partial charge in [-0.05, 0) is 43.8 Å². The Bertz CT molecular complexity index is 865. The molecule has 1 aromatic carbocycles. The fraction of sp³-hybridized carbons (Fsp3) is 0.278. The Morgan fingerprint density at radius 3 is 2.50 bits per heavy atom. The second-order valence-corrected chi connectivity index (χ2v) is 8.79. The lowest BCUT2D eigenvalue weighted by molar-refractivity contribution is -0.113. The van der Waals surface area contributed by atoms with E-state index in [-0.39, 0.29) is 23.3 Å². The van der Waals surface area contributed by atoms with Crippen molar-refractivity contribution in [1.29, 1.82) is 0 Å². The number of Topliss-reactive ketones (excluding diaryl/α,β-unsaturated/α-hetero) is 1. The third-order valence-corrected chi connectivity index (χ3v) is 7.06. The summed E-state index contributed by atoms with van der Waals surface area (Å²) in [4.78, 5) is 13.0. The van der Waals surface area contributed by atoms with Gasteiger partial charge in [-0.15, -0.1) is 11.3 Å². The van der Waals surface area contributed by atoms with E-state index in [4.69, 9.17) is 0 Å². The lowest BCUT2D eigenvalue weighted by Crippen LogP contribution is -2.39. The third-order valence-electron chi connectivity index (χ3n) is 4.21. The Morgan fingerprint density at radius 2 is 1.92 bits per heavy atom. The van der Waals surface area contributed by atoms with Crippen LogP contribution in [0.1, 0.15) is 29.8 Å². The normalized spacial score (nSPS) is 19.1. The van der Waals surface area contributed by atoms with Crippen LogP contribution in [0, 0.1) is 6.92 Å². The molecule has 0 saturated heterocycles. The molecule has 0 fully saturated rings. The van der Waals surface area contributed by atoms with Crippen LogP contribution in [0.15, 0.2) is 58.3 Å². The smallest absolute Gasteiger partial charge is 0.243 e. The summed E-state index contributed by atoms with van der Waals surface area (Å²) in [5.41, 5.74) is 1.56. The quantitative estimate of drug-likeness (QED) is 0.834. The third kappa shape index (κ3) is 3.22. The zero-order chi connectivity index (χ0) is 17.3. The zero-order valence-electron chi connectivity index (χ0n) is 13.6. The topological polar surface area (TPSA) is 54.5 Å². The fourth-order valence-corrected chi connectivity index (χ4v) is 5.32. The lowest BCUT2D eigenvalue weighted by atomic mass is 10.0. The highest BCUT2D eigenvalue weighted by Crippen LogP contribution is 2.37. The zero-order valence-corrected chi connectivity index (χ0v) is 15.2. The molecule has 0 spiro atoms. The van der Waals surface area contributed by atoms with Gasteiger partial charge in [-0.1, -0.05) is 29.8 Å². The minimum atomic E-state index is -3.67. The van der Waals surface area contributed by atoms with Crippen LogP contribution < -0.4 is 0 Å². The first-order valence-corrected chi connectivity index (χ1v) is 10.0. The van der Waals surface area contributed by atoms with Gasteiger partial charge >= 0.3 is 0 Å². The highest BCUT2D eigenvalue weighted by molar-refractivity contribution is 7.89. The number of sulfonamides is 1. The van der Waals surface area contributed by atoms with Crippen molar-refractivity contribution in [3.8, 4) is 0 Å². The molecule has 1 aliphatic rings. The van der Waals surface area contributed by atoms with Crippen LogP contribution in [0.3, 0.4) is 0 Å². The summed E-state index contributed by atoms with van der Waals surface area (Å²) in [7, 11) is -3.67. The van der Waals surface area contributed by atoms with Crippen LogP contribution in [-0.4, -0.2) is 25.1 Å². The van der Waals surface area contributed by atoms with Gasteiger partial charge in [-0.25, -0.2) is 8.42 Å². The molecule has 0 N–H and O–H groups in total. The summed E-state index contributed by atoms with van der Waals surface area (Å²) in [5, 5.41) is 1.94. The summed E-state index contributed by atoms with van der Waals surface area (Å²) in [6, 6.07) is 10.4. The van der Waals surface area contributed by atoms with E-state index in [9.17, 15) is 13.2 Å². The maximum Gasteiger partial charge on any atom is 0.243 e. The Hall–Kier alpha value is -1.76. The van der Waals surface area contributed by atoms with Crippen molar-refractivity contribution in [2.75, 3.05) is 6.54 Å². The van der Waals surface area contributed by atoms with Gasteiger partial charge in [-0.3, -0.25) is 4.79 Å². The van der Waals surface area contributed by atoms with Crippen LogP contribution >= 0.6 is 11.3 Å². The molecule has 0 radical (unpaired) electrons. The second-order valence-electron chi connectivity index (χ2n) is 5.92. The van der Waals surface area contributed by atoms with E-state index >= 15 is 0 Å². The largest absolute Gasteiger partial charge is 0.295 e. The SMILES string of the molecule is CC(=O)C1=CCC(c2cccs2)N(S(=O)(=O)c2ccc(C)cc2)C1. The first-order valence-electron chi connectivity index (χ1n) is 7.71. The minimum absolute atomic E-state index is 0.0799. The lowest BCUT2D eigenvalue weighted by Gasteiger charge is -2.33. The van der Waals surface area contributed by atoms with Crippen LogP contribution in [0.4, 0.5) is 0 Å². The van der Waals surface area contributed by atoms with Gasteiger partial charge in [0.25, 0.3) is 0 Å². The first-order chi connectivity index (χ1) is 11.4. The maximum atomic E-state index is 13.2. The molecule has 1 aliphatic heterocycles. The number of carbonyl (C=O) groups excluding carboxylic acids is 1. The molecule has 1 atom stereocenters. The Labute approximate surface area is 146 Å². The van der Waals surface area contributed by atoms with E-state index < -0.39 is 10.0 Å². The van der Waals surface area contributed by atoms with Gasteiger partial charge in [0.2, 0.25) is 10.0 Å². The Morgan fingerprint density at radius 1 is 1.21 bits per heavy atom. The first kappa shape index (κ1) is 17.1. The van der Waals surface area contributed by atoms with Gasteiger partial charge < -0.3 is 0 Å². The monoisotopic (exact) mass is 361 g/mol. The number of ketones is 1. The Balaban J connectivity index is 2.04. The number of aryl methyl sites for hydroxylation is 1. The highest BCUT2D eigenvalue weighted by Gasteiger charge is 2.36. The van der Waals surface area contributed by atoms with Crippen molar-refractivity contribution in [1.82, 2.24) is 4.31 Å². The number of benzene rings is 1. The summed E-state index contributed by atoms with van der Waals surface area (Å²) in [6.07, 6.45) is 2.38. The van der Waals surface area contributed by atoms with E-state index in [1.165, 1.54) is 22.6 Å². The number of hydrogen-bond acceptors (Lipinski definition) is 4. The average molecular weight is 361 g/mol. The molecular weight excluding hydrogens is 342 g/mol. The fourth-order valence-electron chi connectivity index (χ4n) is 2.81. The van der Waals surface area contributed by atoms with Gasteiger partial charge in [0.1, 0.15) is 0 Å². The molecule has 24 heavy (non-hydrogen) atoms. The van der Waals surface area contributed by atoms with E-state index in [1.54, 1.807) is 24.3 Å². The van der Waals surface area contributed by atoms with Gasteiger partial charge in [0.05, 0.1) is 10.9 Å². The van der Waals surface area contributed by atoms with Crippen molar-refractivity contribution >= 4 is 27.1 Å². The molecule has 3 rings (SSSR count). The van der Waals surface area contributed by atoms with Crippen molar-refractivity contribution in [2.45, 2.75) is 31.2 Å². The molecule has 4 nitrogen and oxygen atoms in total. The van der Waals surface area contributed by atoms with E-state index in [2.05, 4.69) is 0 Å². The second kappa shape index (κ2) is 6.63. The van der Waals surface area contributed by atoms with Crippen LogP contribution in [-0.2, 0) is 14.8 Å². The molecule has 0 aliphatic carbocycles. The molecule has 126 valence electrons. The van der Waals surface area contributed by atoms with Crippen molar-refractivity contribution < 1.29 is 13.2 Å². The average Bonchev–Trinajstić information content (AvgIpc) is 3.09. The van der Waals surface area contributed by atoms with Crippen molar-refractivity contribution in [2.24, 2.45) is 0 Å². The number of nitrogens with zero attached hydrogens (tertiary/aromatic N) is 1. The predicted molar refractivity (Wildman–Crippen MR) is 95.5 cm³/mol. The molecule has 6 heteroatoms. The highest BCUT2D eigenvalue weighted by atomic mass is 32.2. The molecule has 0 saturated carbocycles. The number of hydrogen-bond donors (Lipinski definition) is 0. The predicted octanol–water partition coefficient (Wildman–Crippen LogP) is 3.71. The van der Waals surface area contributed by atoms with Gasteiger partial charge in [-0.2, -0.15) is 4.31 Å². The van der Waals surface area contributed by atoms with Crippen LogP contribution in [0.5, 0.6) is 0 Å². The molecule has 2 heterocycles. The maximum absolute atomic E-state index is 13.2. The number of carbonyl (C=O) groups is 1. The van der Waals surface area contributed by atoms with Gasteiger partial charge in [0, 0.05) is 17.0 Å². The van der Waals surface area contributed by atoms with E-state index in [1.807, 2.05) is 30.5 Å². The van der Waals surface area contributed by atoms with E-state index in [0.717, 1.165) is 10.4 Å². The number of rotatable bonds is 4. The Kier molecular flexibility index (Phi) is 4.71.